The highest BCUT2D eigenvalue weighted by Crippen LogP contribution is 2.66. The van der Waals surface area contributed by atoms with Crippen LogP contribution in [0.4, 0.5) is 0 Å². The van der Waals surface area contributed by atoms with E-state index in [9.17, 15) is 0 Å². The van der Waals surface area contributed by atoms with Gasteiger partial charge >= 0.3 is 0 Å². The predicted molar refractivity (Wildman–Crippen MR) is 179 cm³/mol. The van der Waals surface area contributed by atoms with E-state index in [0.29, 0.717) is 16.1 Å². The molecule has 1 aliphatic carbocycles. The number of rotatable bonds is 6. The number of aromatic nitrogens is 4. The van der Waals surface area contributed by atoms with Crippen LogP contribution < -0.4 is 0 Å². The van der Waals surface area contributed by atoms with Crippen molar-refractivity contribution in [3.05, 3.63) is 165 Å². The zero-order valence-electron chi connectivity index (χ0n) is 23.8. The fourth-order valence-corrected chi connectivity index (χ4v) is 7.33. The van der Waals surface area contributed by atoms with Gasteiger partial charge in [-0.25, -0.2) is 19.9 Å². The number of aryl methyl sites for hydroxylation is 1. The SMILES string of the molecule is Cc1nc(Cl)cc([C@H]2[C@@H](c3ccc(-c4ccccc4)cc3)[C@H](c3cc(Cl)nc(Cl)n3)[C@@H]2c2ccc(-c3ccccc3)cc2)n1. The molecule has 216 valence electrons. The molecule has 1 saturated carbocycles. The van der Waals surface area contributed by atoms with Crippen molar-refractivity contribution in [2.45, 2.75) is 30.6 Å². The van der Waals surface area contributed by atoms with Gasteiger partial charge in [0, 0.05) is 29.4 Å². The van der Waals surface area contributed by atoms with E-state index in [1.807, 2.05) is 31.2 Å². The molecule has 6 aromatic rings. The third-order valence-electron chi connectivity index (χ3n) is 8.55. The second kappa shape index (κ2) is 12.1. The smallest absolute Gasteiger partial charge is 0.224 e. The van der Waals surface area contributed by atoms with E-state index < -0.39 is 0 Å². The highest BCUT2D eigenvalue weighted by atomic mass is 35.5. The molecule has 4 nitrogen and oxygen atoms in total. The molecule has 0 bridgehead atoms. The minimum atomic E-state index is -0.0443. The van der Waals surface area contributed by atoms with Crippen molar-refractivity contribution in [3.63, 3.8) is 0 Å². The second-order valence-electron chi connectivity index (χ2n) is 11.1. The van der Waals surface area contributed by atoms with E-state index in [4.69, 9.17) is 44.8 Å². The molecule has 0 unspecified atom stereocenters. The number of halogens is 3. The Morgan fingerprint density at radius 2 is 0.841 bits per heavy atom. The number of nitrogens with zero attached hydrogens (tertiary/aromatic N) is 4. The van der Waals surface area contributed by atoms with E-state index in [1.165, 1.54) is 22.3 Å². The minimum Gasteiger partial charge on any atom is -0.238 e. The molecule has 2 aromatic heterocycles. The van der Waals surface area contributed by atoms with Crippen LogP contribution in [0, 0.1) is 6.92 Å². The number of hydrogen-bond acceptors (Lipinski definition) is 4. The van der Waals surface area contributed by atoms with Crippen molar-refractivity contribution in [1.29, 1.82) is 0 Å². The Kier molecular flexibility index (Phi) is 7.90. The Balaban J connectivity index is 1.37. The van der Waals surface area contributed by atoms with Crippen LogP contribution in [0.5, 0.6) is 0 Å². The van der Waals surface area contributed by atoms with Crippen molar-refractivity contribution >= 4 is 34.8 Å². The first-order chi connectivity index (χ1) is 21.4. The largest absolute Gasteiger partial charge is 0.238 e. The normalized spacial score (nSPS) is 19.4. The first-order valence-electron chi connectivity index (χ1n) is 14.5. The first-order valence-corrected chi connectivity index (χ1v) is 15.6. The molecule has 0 spiro atoms. The molecular weight excluding hydrogens is 607 g/mol. The fraction of sp³-hybridized carbons (Fsp3) is 0.135. The van der Waals surface area contributed by atoms with Gasteiger partial charge in [-0.15, -0.1) is 0 Å². The average Bonchev–Trinajstić information content (AvgIpc) is 3.01. The van der Waals surface area contributed by atoms with E-state index in [2.05, 4.69) is 107 Å². The standard InChI is InChI=1S/C37H27Cl3N4/c1-22-41-29(20-31(38)42-22)35-33(27-16-12-25(13-17-27)23-8-4-2-5-9-23)36(30-21-32(39)44-37(40)43-30)34(35)28-18-14-26(15-19-28)24-10-6-3-7-11-24/h2-21,33-36H,1H3/t33-,34-,35-,36-/m1/s1. The van der Waals surface area contributed by atoms with Crippen molar-refractivity contribution in [2.75, 3.05) is 0 Å². The van der Waals surface area contributed by atoms with Gasteiger partial charge in [-0.05, 0) is 64.0 Å². The summed E-state index contributed by atoms with van der Waals surface area (Å²) in [5.41, 5.74) is 8.71. The summed E-state index contributed by atoms with van der Waals surface area (Å²) < 4.78 is 0. The van der Waals surface area contributed by atoms with Crippen LogP contribution in [0.2, 0.25) is 15.6 Å². The van der Waals surface area contributed by atoms with Crippen LogP contribution in [0.25, 0.3) is 22.3 Å². The summed E-state index contributed by atoms with van der Waals surface area (Å²) in [5, 5.41) is 0.884. The summed E-state index contributed by atoms with van der Waals surface area (Å²) >= 11 is 19.4. The minimum absolute atomic E-state index is 0.00290. The predicted octanol–water partition coefficient (Wildman–Crippen LogP) is 10.3. The van der Waals surface area contributed by atoms with Gasteiger partial charge in [-0.1, -0.05) is 132 Å². The molecule has 0 aliphatic heterocycles. The lowest BCUT2D eigenvalue weighted by Crippen LogP contribution is -2.41. The van der Waals surface area contributed by atoms with Crippen LogP contribution in [0.15, 0.2) is 121 Å². The second-order valence-corrected chi connectivity index (χ2v) is 12.2. The maximum absolute atomic E-state index is 6.53. The van der Waals surface area contributed by atoms with Crippen molar-refractivity contribution in [2.24, 2.45) is 0 Å². The number of hydrogen-bond donors (Lipinski definition) is 0. The van der Waals surface area contributed by atoms with Crippen LogP contribution >= 0.6 is 34.8 Å². The fourth-order valence-electron chi connectivity index (χ4n) is 6.67. The molecule has 1 fully saturated rings. The Hall–Kier alpha value is -4.09. The maximum atomic E-state index is 6.53. The molecule has 0 amide bonds. The molecule has 0 N–H and O–H groups in total. The molecule has 2 atom stereocenters. The van der Waals surface area contributed by atoms with Crippen LogP contribution in [-0.4, -0.2) is 19.9 Å². The van der Waals surface area contributed by atoms with Crippen LogP contribution in [0.1, 0.15) is 52.0 Å². The van der Waals surface area contributed by atoms with Crippen LogP contribution in [0.3, 0.4) is 0 Å². The van der Waals surface area contributed by atoms with E-state index >= 15 is 0 Å². The molecule has 2 heterocycles. The lowest BCUT2D eigenvalue weighted by molar-refractivity contribution is 0.219. The van der Waals surface area contributed by atoms with Gasteiger partial charge in [0.15, 0.2) is 0 Å². The Morgan fingerprint density at radius 1 is 0.432 bits per heavy atom. The molecule has 0 saturated heterocycles. The molecule has 1 aliphatic rings. The molecule has 0 radical (unpaired) electrons. The summed E-state index contributed by atoms with van der Waals surface area (Å²) in [6.07, 6.45) is 0. The molecule has 4 aromatic carbocycles. The quantitative estimate of drug-likeness (QED) is 0.135. The number of benzene rings is 4. The van der Waals surface area contributed by atoms with Gasteiger partial charge < -0.3 is 0 Å². The summed E-state index contributed by atoms with van der Waals surface area (Å²) in [7, 11) is 0. The third kappa shape index (κ3) is 5.61. The maximum Gasteiger partial charge on any atom is 0.224 e. The topological polar surface area (TPSA) is 51.6 Å². The van der Waals surface area contributed by atoms with E-state index in [0.717, 1.165) is 22.5 Å². The summed E-state index contributed by atoms with van der Waals surface area (Å²) in [5.74, 6) is 0.631. The Morgan fingerprint density at radius 3 is 1.27 bits per heavy atom. The van der Waals surface area contributed by atoms with Crippen molar-refractivity contribution in [1.82, 2.24) is 19.9 Å². The summed E-state index contributed by atoms with van der Waals surface area (Å²) in [4.78, 5) is 18.1. The third-order valence-corrected chi connectivity index (χ3v) is 9.11. The zero-order valence-corrected chi connectivity index (χ0v) is 26.0. The lowest BCUT2D eigenvalue weighted by atomic mass is 9.50. The van der Waals surface area contributed by atoms with Crippen LogP contribution in [-0.2, 0) is 0 Å². The van der Waals surface area contributed by atoms with Gasteiger partial charge in [0.1, 0.15) is 16.1 Å². The Labute approximate surface area is 271 Å². The Bertz CT molecular complexity index is 1720. The molecular formula is C37H27Cl3N4. The van der Waals surface area contributed by atoms with Crippen molar-refractivity contribution in [3.8, 4) is 22.3 Å². The summed E-state index contributed by atoms with van der Waals surface area (Å²) in [6.45, 7) is 1.88. The first kappa shape index (κ1) is 28.7. The lowest BCUT2D eigenvalue weighted by Gasteiger charge is -2.52. The van der Waals surface area contributed by atoms with Crippen molar-refractivity contribution < 1.29 is 0 Å². The highest BCUT2D eigenvalue weighted by Gasteiger charge is 2.54. The summed E-state index contributed by atoms with van der Waals surface area (Å²) in [6, 6.07) is 42.0. The molecule has 7 rings (SSSR count). The average molecular weight is 634 g/mol. The van der Waals surface area contributed by atoms with E-state index in [1.54, 1.807) is 0 Å². The highest BCUT2D eigenvalue weighted by molar-refractivity contribution is 6.31. The monoisotopic (exact) mass is 632 g/mol. The zero-order chi connectivity index (χ0) is 30.2. The van der Waals surface area contributed by atoms with Gasteiger partial charge in [0.25, 0.3) is 0 Å². The molecule has 44 heavy (non-hydrogen) atoms. The molecule has 7 heteroatoms. The van der Waals surface area contributed by atoms with Gasteiger partial charge in [-0.2, -0.15) is 0 Å². The van der Waals surface area contributed by atoms with Gasteiger partial charge in [-0.3, -0.25) is 0 Å². The van der Waals surface area contributed by atoms with Gasteiger partial charge in [0.05, 0.1) is 5.69 Å². The van der Waals surface area contributed by atoms with Gasteiger partial charge in [0.2, 0.25) is 5.28 Å². The van der Waals surface area contributed by atoms with E-state index in [-0.39, 0.29) is 29.0 Å².